The molecule has 2 aromatic rings. The second-order valence-corrected chi connectivity index (χ2v) is 6.34. The van der Waals surface area contributed by atoms with Crippen molar-refractivity contribution < 1.29 is 14.2 Å². The maximum atomic E-state index is 14.7. The van der Waals surface area contributed by atoms with Crippen LogP contribution in [0.1, 0.15) is 43.2 Å². The Morgan fingerprint density at radius 3 is 2.68 bits per heavy atom. The van der Waals surface area contributed by atoms with Crippen molar-refractivity contribution >= 4 is 0 Å². The van der Waals surface area contributed by atoms with Gasteiger partial charge in [0.1, 0.15) is 23.4 Å². The number of benzene rings is 2. The van der Waals surface area contributed by atoms with E-state index in [1.807, 2.05) is 18.2 Å². The number of fused-ring (bicyclic) bond motifs is 3. The molecule has 1 fully saturated rings. The topological polar surface area (TPSA) is 29.5 Å². The molecule has 0 bridgehead atoms. The first kappa shape index (κ1) is 13.6. The Morgan fingerprint density at radius 1 is 1.05 bits per heavy atom. The quantitative estimate of drug-likeness (QED) is 0.837. The van der Waals surface area contributed by atoms with Crippen molar-refractivity contribution in [1.29, 1.82) is 0 Å². The molecule has 114 valence electrons. The highest BCUT2D eigenvalue weighted by molar-refractivity contribution is 5.53. The van der Waals surface area contributed by atoms with E-state index in [1.165, 1.54) is 6.07 Å². The minimum absolute atomic E-state index is 0.0218. The van der Waals surface area contributed by atoms with E-state index in [4.69, 9.17) is 4.74 Å². The molecule has 0 aromatic heterocycles. The number of hydrogen-bond donors (Lipinski definition) is 1. The van der Waals surface area contributed by atoms with E-state index in [0.717, 1.165) is 37.7 Å². The lowest BCUT2D eigenvalue weighted by molar-refractivity contribution is 0.158. The Balaban J connectivity index is 1.96. The maximum absolute atomic E-state index is 14.7. The minimum atomic E-state index is -0.426. The van der Waals surface area contributed by atoms with Gasteiger partial charge in [-0.3, -0.25) is 0 Å². The monoisotopic (exact) mass is 298 g/mol. The number of phenolic OH excluding ortho intramolecular Hbond substituents is 1. The summed E-state index contributed by atoms with van der Waals surface area (Å²) < 4.78 is 20.8. The second kappa shape index (κ2) is 5.01. The zero-order chi connectivity index (χ0) is 15.2. The highest BCUT2D eigenvalue weighted by atomic mass is 19.1. The standard InChI is InChI=1S/C19H19FO2/c20-15-5-4-6-16-18(15)19(13-8-10-14(21)11-9-13)12-3-1-2-7-17(19)22-16/h4-6,8-11,17,21H,1-3,7,12H2/t17-,19-/m1/s1. The molecular formula is C19H19FO2. The fraction of sp³-hybridized carbons (Fsp3) is 0.368. The van der Waals surface area contributed by atoms with Gasteiger partial charge in [-0.1, -0.05) is 31.0 Å². The number of aromatic hydroxyl groups is 1. The zero-order valence-corrected chi connectivity index (χ0v) is 12.4. The van der Waals surface area contributed by atoms with Gasteiger partial charge in [-0.15, -0.1) is 0 Å². The summed E-state index contributed by atoms with van der Waals surface area (Å²) in [4.78, 5) is 0. The summed E-state index contributed by atoms with van der Waals surface area (Å²) in [7, 11) is 0. The first-order chi connectivity index (χ1) is 10.7. The predicted octanol–water partition coefficient (Wildman–Crippen LogP) is 4.54. The molecule has 0 unspecified atom stereocenters. The lowest BCUT2D eigenvalue weighted by Crippen LogP contribution is -2.38. The molecule has 3 heteroatoms. The average molecular weight is 298 g/mol. The van der Waals surface area contributed by atoms with Crippen LogP contribution >= 0.6 is 0 Å². The molecule has 2 nitrogen and oxygen atoms in total. The largest absolute Gasteiger partial charge is 0.508 e. The molecule has 2 atom stereocenters. The maximum Gasteiger partial charge on any atom is 0.131 e. The van der Waals surface area contributed by atoms with E-state index in [2.05, 4.69) is 0 Å². The number of hydrogen-bond acceptors (Lipinski definition) is 2. The van der Waals surface area contributed by atoms with E-state index in [0.29, 0.717) is 11.3 Å². The van der Waals surface area contributed by atoms with Crippen LogP contribution in [0, 0.1) is 5.82 Å². The summed E-state index contributed by atoms with van der Waals surface area (Å²) in [6.07, 6.45) is 5.13. The van der Waals surface area contributed by atoms with Gasteiger partial charge in [0.2, 0.25) is 0 Å². The fourth-order valence-electron chi connectivity index (χ4n) is 4.19. The molecule has 2 aliphatic rings. The van der Waals surface area contributed by atoms with Crippen LogP contribution in [-0.4, -0.2) is 11.2 Å². The van der Waals surface area contributed by atoms with Gasteiger partial charge in [-0.25, -0.2) is 4.39 Å². The third-order valence-corrected chi connectivity index (χ3v) is 5.16. The summed E-state index contributed by atoms with van der Waals surface area (Å²) in [5.74, 6) is 0.730. The highest BCUT2D eigenvalue weighted by Crippen LogP contribution is 2.54. The van der Waals surface area contributed by atoms with E-state index >= 15 is 0 Å². The Morgan fingerprint density at radius 2 is 1.86 bits per heavy atom. The second-order valence-electron chi connectivity index (χ2n) is 6.34. The molecule has 1 heterocycles. The predicted molar refractivity (Wildman–Crippen MR) is 82.8 cm³/mol. The van der Waals surface area contributed by atoms with Gasteiger partial charge >= 0.3 is 0 Å². The van der Waals surface area contributed by atoms with Crippen LogP contribution in [0.3, 0.4) is 0 Å². The highest BCUT2D eigenvalue weighted by Gasteiger charge is 2.51. The van der Waals surface area contributed by atoms with E-state index in [1.54, 1.807) is 18.2 Å². The number of phenols is 1. The molecule has 0 radical (unpaired) electrons. The average Bonchev–Trinajstić information content (AvgIpc) is 2.70. The van der Waals surface area contributed by atoms with Crippen molar-refractivity contribution in [2.45, 2.75) is 43.6 Å². The summed E-state index contributed by atoms with van der Waals surface area (Å²) in [6, 6.07) is 12.3. The number of halogens is 1. The Kier molecular flexibility index (Phi) is 3.10. The SMILES string of the molecule is Oc1ccc([C@]23CCCCC[C@H]2Oc2cccc(F)c23)cc1. The Hall–Kier alpha value is -2.03. The summed E-state index contributed by atoms with van der Waals surface area (Å²) >= 11 is 0. The van der Waals surface area contributed by atoms with Crippen molar-refractivity contribution in [3.63, 3.8) is 0 Å². The molecule has 0 saturated heterocycles. The molecule has 1 N–H and O–H groups in total. The van der Waals surface area contributed by atoms with Crippen molar-refractivity contribution in [3.8, 4) is 11.5 Å². The van der Waals surface area contributed by atoms with Crippen LogP contribution in [0.5, 0.6) is 11.5 Å². The third kappa shape index (κ3) is 1.84. The van der Waals surface area contributed by atoms with Gasteiger partial charge in [0.15, 0.2) is 0 Å². The summed E-state index contributed by atoms with van der Waals surface area (Å²) in [6.45, 7) is 0. The Bertz CT molecular complexity index is 695. The van der Waals surface area contributed by atoms with Crippen LogP contribution in [0.2, 0.25) is 0 Å². The van der Waals surface area contributed by atoms with E-state index < -0.39 is 5.41 Å². The van der Waals surface area contributed by atoms with Gasteiger partial charge < -0.3 is 9.84 Å². The van der Waals surface area contributed by atoms with E-state index in [9.17, 15) is 9.50 Å². The first-order valence-corrected chi connectivity index (χ1v) is 7.97. The molecule has 1 aliphatic carbocycles. The van der Waals surface area contributed by atoms with Crippen molar-refractivity contribution in [1.82, 2.24) is 0 Å². The van der Waals surface area contributed by atoms with Crippen molar-refractivity contribution in [2.75, 3.05) is 0 Å². The van der Waals surface area contributed by atoms with Gasteiger partial charge in [-0.05, 0) is 49.1 Å². The lowest BCUT2D eigenvalue weighted by Gasteiger charge is -2.34. The molecule has 4 rings (SSSR count). The Labute approximate surface area is 129 Å². The van der Waals surface area contributed by atoms with Gasteiger partial charge in [-0.2, -0.15) is 0 Å². The lowest BCUT2D eigenvalue weighted by atomic mass is 9.68. The van der Waals surface area contributed by atoms with Crippen LogP contribution in [-0.2, 0) is 5.41 Å². The molecule has 1 saturated carbocycles. The fourth-order valence-corrected chi connectivity index (χ4v) is 4.19. The molecule has 2 aromatic carbocycles. The van der Waals surface area contributed by atoms with Gasteiger partial charge in [0.05, 0.1) is 5.41 Å². The molecule has 0 spiro atoms. The van der Waals surface area contributed by atoms with Crippen LogP contribution in [0.15, 0.2) is 42.5 Å². The molecule has 1 aliphatic heterocycles. The van der Waals surface area contributed by atoms with E-state index in [-0.39, 0.29) is 17.7 Å². The minimum Gasteiger partial charge on any atom is -0.508 e. The van der Waals surface area contributed by atoms with Crippen molar-refractivity contribution in [3.05, 3.63) is 59.4 Å². The van der Waals surface area contributed by atoms with Crippen molar-refractivity contribution in [2.24, 2.45) is 0 Å². The van der Waals surface area contributed by atoms with Gasteiger partial charge in [0, 0.05) is 5.56 Å². The smallest absolute Gasteiger partial charge is 0.131 e. The summed E-state index contributed by atoms with van der Waals surface area (Å²) in [5, 5.41) is 9.59. The molecule has 22 heavy (non-hydrogen) atoms. The number of rotatable bonds is 1. The number of ether oxygens (including phenoxy) is 1. The van der Waals surface area contributed by atoms with Crippen LogP contribution in [0.4, 0.5) is 4.39 Å². The molecule has 0 amide bonds. The first-order valence-electron chi connectivity index (χ1n) is 7.97. The van der Waals surface area contributed by atoms with Crippen LogP contribution in [0.25, 0.3) is 0 Å². The molecular weight excluding hydrogens is 279 g/mol. The van der Waals surface area contributed by atoms with Gasteiger partial charge in [0.25, 0.3) is 0 Å². The summed E-state index contributed by atoms with van der Waals surface area (Å²) in [5.41, 5.74) is 1.32. The third-order valence-electron chi connectivity index (χ3n) is 5.16. The zero-order valence-electron chi connectivity index (χ0n) is 12.4. The normalized spacial score (nSPS) is 26.7. The van der Waals surface area contributed by atoms with Crippen LogP contribution < -0.4 is 4.74 Å².